The number of fused-ring (bicyclic) bond motifs is 5. The van der Waals surface area contributed by atoms with Crippen molar-refractivity contribution in [3.63, 3.8) is 0 Å². The number of halogens is 1. The predicted molar refractivity (Wildman–Crippen MR) is 211 cm³/mol. The van der Waals surface area contributed by atoms with E-state index in [0.29, 0.717) is 11.1 Å². The van der Waals surface area contributed by atoms with E-state index in [9.17, 15) is 44.7 Å². The van der Waals surface area contributed by atoms with Gasteiger partial charge in [0.1, 0.15) is 28.2 Å². The zero-order valence-corrected chi connectivity index (χ0v) is 35.3. The lowest BCUT2D eigenvalue weighted by Crippen LogP contribution is -2.81. The fraction of sp³-hybridized carbons (Fsp3) is 0.581. The van der Waals surface area contributed by atoms with Crippen LogP contribution in [0.2, 0.25) is 0 Å². The highest BCUT2D eigenvalue weighted by Gasteiger charge is 2.77. The molecule has 58 heavy (non-hydrogen) atoms. The molecule has 4 aliphatic rings. The summed E-state index contributed by atoms with van der Waals surface area (Å²) >= 11 is 3.24. The maximum Gasteiger partial charge on any atom is 0.338 e. The van der Waals surface area contributed by atoms with E-state index in [2.05, 4.69) is 21.2 Å². The van der Waals surface area contributed by atoms with Crippen LogP contribution in [-0.2, 0) is 44.7 Å². The Morgan fingerprint density at radius 2 is 1.64 bits per heavy atom. The molecule has 0 spiro atoms. The maximum absolute atomic E-state index is 15.0. The molecule has 1 amide bonds. The first kappa shape index (κ1) is 44.0. The molecule has 316 valence electrons. The number of rotatable bonds is 11. The van der Waals surface area contributed by atoms with Gasteiger partial charge in [0.05, 0.1) is 43.0 Å². The van der Waals surface area contributed by atoms with Crippen LogP contribution in [0.1, 0.15) is 78.5 Å². The van der Waals surface area contributed by atoms with Gasteiger partial charge >= 0.3 is 11.9 Å². The van der Waals surface area contributed by atoms with Crippen LogP contribution in [-0.4, -0.2) is 114 Å². The van der Waals surface area contributed by atoms with Gasteiger partial charge in [0.15, 0.2) is 17.5 Å². The van der Waals surface area contributed by atoms with Gasteiger partial charge in [-0.15, -0.1) is 0 Å². The number of aliphatic hydroxyl groups excluding tert-OH is 4. The van der Waals surface area contributed by atoms with Gasteiger partial charge in [-0.05, 0) is 50.0 Å². The molecule has 2 saturated carbocycles. The maximum atomic E-state index is 15.0. The topological polar surface area (TPSA) is 218 Å². The number of Topliss-reactive ketones (excluding diaryl/α,β-unsaturated/α-hetero) is 1. The third-order valence-corrected chi connectivity index (χ3v) is 14.5. The minimum atomic E-state index is -2.13. The van der Waals surface area contributed by atoms with E-state index in [1.807, 2.05) is 18.2 Å². The van der Waals surface area contributed by atoms with Crippen molar-refractivity contribution < 1.29 is 63.7 Å². The first-order valence-electron chi connectivity index (χ1n) is 19.5. The molecule has 0 aromatic heterocycles. The molecule has 2 bridgehead atoms. The van der Waals surface area contributed by atoms with Crippen molar-refractivity contribution in [2.24, 2.45) is 16.7 Å². The molecule has 0 radical (unpaired) electrons. The molecule has 1 aliphatic heterocycles. The first-order chi connectivity index (χ1) is 27.0. The molecular weight excluding hydrogens is 818 g/mol. The summed E-state index contributed by atoms with van der Waals surface area (Å²) < 4.78 is 23.3. The van der Waals surface area contributed by atoms with Crippen molar-refractivity contribution in [2.45, 2.75) is 132 Å². The van der Waals surface area contributed by atoms with Gasteiger partial charge in [-0.1, -0.05) is 90.4 Å². The van der Waals surface area contributed by atoms with Gasteiger partial charge < -0.3 is 49.8 Å². The number of carbonyl (C=O) groups excluding carboxylic acids is 4. The molecule has 1 heterocycles. The number of hydrogen-bond donors (Lipinski definition) is 6. The van der Waals surface area contributed by atoms with Crippen molar-refractivity contribution >= 4 is 39.6 Å². The van der Waals surface area contributed by atoms with Crippen molar-refractivity contribution in [1.82, 2.24) is 5.32 Å². The number of alkyl halides is 1. The highest BCUT2D eigenvalue weighted by atomic mass is 79.9. The summed E-state index contributed by atoms with van der Waals surface area (Å²) in [5, 5.41) is 62.2. The van der Waals surface area contributed by atoms with Crippen molar-refractivity contribution in [3.05, 3.63) is 82.9 Å². The molecule has 13 atom stereocenters. The molecular formula is C43H54BrNO13. The molecule has 6 N–H and O–H groups in total. The summed E-state index contributed by atoms with van der Waals surface area (Å²) in [6, 6.07) is 15.9. The molecule has 1 unspecified atom stereocenters. The van der Waals surface area contributed by atoms with Crippen molar-refractivity contribution in [3.8, 4) is 0 Å². The number of amides is 1. The van der Waals surface area contributed by atoms with Crippen LogP contribution in [0.4, 0.5) is 0 Å². The molecule has 14 nitrogen and oxygen atoms in total. The lowest BCUT2D eigenvalue weighted by Gasteiger charge is -2.67. The molecule has 2 aromatic rings. The van der Waals surface area contributed by atoms with Gasteiger partial charge in [-0.2, -0.15) is 0 Å². The number of ketones is 1. The zero-order chi connectivity index (χ0) is 42.7. The van der Waals surface area contributed by atoms with Crippen molar-refractivity contribution in [1.29, 1.82) is 0 Å². The number of esters is 2. The molecule has 1 saturated heterocycles. The van der Waals surface area contributed by atoms with Crippen LogP contribution in [0.25, 0.3) is 0 Å². The van der Waals surface area contributed by atoms with E-state index in [4.69, 9.17) is 18.9 Å². The molecule has 15 heteroatoms. The van der Waals surface area contributed by atoms with Crippen molar-refractivity contribution in [2.75, 3.05) is 6.61 Å². The summed E-state index contributed by atoms with van der Waals surface area (Å²) in [6.07, 6.45) is -10.7. The Balaban J connectivity index is 1.47. The van der Waals surface area contributed by atoms with Gasteiger partial charge in [0, 0.05) is 31.1 Å². The summed E-state index contributed by atoms with van der Waals surface area (Å²) in [5.74, 6) is -4.72. The predicted octanol–water partition coefficient (Wildman–Crippen LogP) is 2.75. The SMILES string of the molecule is CC(=O)O[C@@]12COC1C[C@H](O)[C@@]1(C)C(=O)[C@H](O)C3=C(C)[C@@H](OC(=O)[C@H](O)[C@@H](NC(=O)[C@](C)(Br)[C@@H](C)O)c4ccccc4)C[C@@](O)([C@@H](OCc4ccccc4)[C@@H]12)C3(C)C. The monoisotopic (exact) mass is 871 g/mol. The average Bonchev–Trinajstić information content (AvgIpc) is 3.17. The number of benzene rings is 2. The lowest BCUT2D eigenvalue weighted by atomic mass is 9.44. The molecule has 3 fully saturated rings. The Kier molecular flexibility index (Phi) is 12.0. The fourth-order valence-corrected chi connectivity index (χ4v) is 9.78. The number of aliphatic hydroxyl groups is 5. The third kappa shape index (κ3) is 7.04. The summed E-state index contributed by atoms with van der Waals surface area (Å²) in [4.78, 5) is 55.4. The van der Waals surface area contributed by atoms with E-state index in [1.165, 1.54) is 27.7 Å². The van der Waals surface area contributed by atoms with Gasteiger partial charge in [0.25, 0.3) is 0 Å². The highest BCUT2D eigenvalue weighted by Crippen LogP contribution is 2.64. The largest absolute Gasteiger partial charge is 0.456 e. The highest BCUT2D eigenvalue weighted by molar-refractivity contribution is 9.10. The van der Waals surface area contributed by atoms with E-state index in [-0.39, 0.29) is 37.2 Å². The van der Waals surface area contributed by atoms with Gasteiger partial charge in [0.2, 0.25) is 5.91 Å². The number of hydrogen-bond acceptors (Lipinski definition) is 13. The fourth-order valence-electron chi connectivity index (χ4n) is 9.67. The quantitative estimate of drug-likeness (QED) is 0.109. The molecule has 2 aromatic carbocycles. The third-order valence-electron chi connectivity index (χ3n) is 13.4. The lowest BCUT2D eigenvalue weighted by molar-refractivity contribution is -0.351. The Morgan fingerprint density at radius 3 is 2.19 bits per heavy atom. The number of nitrogens with one attached hydrogen (secondary N) is 1. The Hall–Kier alpha value is -3.54. The van der Waals surface area contributed by atoms with E-state index >= 15 is 0 Å². The summed E-state index contributed by atoms with van der Waals surface area (Å²) in [5.41, 5.74) is -5.74. The Labute approximate surface area is 346 Å². The summed E-state index contributed by atoms with van der Waals surface area (Å²) in [7, 11) is 0. The van der Waals surface area contributed by atoms with E-state index < -0.39 is 105 Å². The smallest absolute Gasteiger partial charge is 0.338 e. The first-order valence-corrected chi connectivity index (χ1v) is 20.3. The Bertz CT molecular complexity index is 1940. The Morgan fingerprint density at radius 1 is 1.03 bits per heavy atom. The van der Waals surface area contributed by atoms with Crippen LogP contribution in [0.15, 0.2) is 71.8 Å². The van der Waals surface area contributed by atoms with E-state index in [0.717, 1.165) is 0 Å². The standard InChI is InChI=1S/C43H54BrNO13/c1-22-27(57-37(52)33(50)31(26-16-12-9-13-17-26)45-38(53)41(7,44)23(2)46)19-43(54)36(55-20-25-14-10-8-11-15-25)34-40(6,35(51)32(49)30(22)39(43,4)5)28(48)18-29-42(34,21-56-29)58-24(3)47/h8-17,23,27-29,31-34,36,46,48-50,54H,18-21H2,1-7H3,(H,45,53)/t23-,27+,28+,29?,31+,32-,33-,34+,36+,40-,41-,42+,43-/m1/s1. The zero-order valence-electron chi connectivity index (χ0n) is 33.7. The van der Waals surface area contributed by atoms with Crippen LogP contribution in [0.3, 0.4) is 0 Å². The van der Waals surface area contributed by atoms with Crippen LogP contribution < -0.4 is 5.32 Å². The van der Waals surface area contributed by atoms with Crippen LogP contribution >= 0.6 is 15.9 Å². The number of ether oxygens (including phenoxy) is 4. The van der Waals surface area contributed by atoms with E-state index in [1.54, 1.807) is 63.2 Å². The number of carbonyl (C=O) groups is 4. The van der Waals surface area contributed by atoms with Crippen LogP contribution in [0, 0.1) is 16.7 Å². The normalized spacial score (nSPS) is 35.3. The average molecular weight is 873 g/mol. The second-order valence-electron chi connectivity index (χ2n) is 17.2. The van der Waals surface area contributed by atoms with Crippen LogP contribution in [0.5, 0.6) is 0 Å². The molecule has 3 aliphatic carbocycles. The van der Waals surface area contributed by atoms with Gasteiger partial charge in [-0.25, -0.2) is 4.79 Å². The molecule has 6 rings (SSSR count). The summed E-state index contributed by atoms with van der Waals surface area (Å²) in [6.45, 7) is 10.1. The second kappa shape index (κ2) is 15.8. The second-order valence-corrected chi connectivity index (χ2v) is 18.8. The minimum Gasteiger partial charge on any atom is -0.456 e. The van der Waals surface area contributed by atoms with Gasteiger partial charge in [-0.3, -0.25) is 14.4 Å². The minimum absolute atomic E-state index is 0.0344.